The van der Waals surface area contributed by atoms with Gasteiger partial charge in [0.05, 0.1) is 0 Å². The molecule has 4 saturated carbocycles. The van der Waals surface area contributed by atoms with Crippen molar-refractivity contribution in [1.82, 2.24) is 9.88 Å². The van der Waals surface area contributed by atoms with E-state index in [0.29, 0.717) is 5.41 Å². The van der Waals surface area contributed by atoms with Gasteiger partial charge in [0.1, 0.15) is 5.69 Å². The number of hydrogen-bond donors (Lipinski definition) is 1. The van der Waals surface area contributed by atoms with Gasteiger partial charge < -0.3 is 9.88 Å². The first-order valence-electron chi connectivity index (χ1n) is 8.95. The molecular weight excluding hydrogens is 272 g/mol. The highest BCUT2D eigenvalue weighted by atomic mass is 16.1. The van der Waals surface area contributed by atoms with E-state index in [1.54, 1.807) is 0 Å². The molecule has 4 fully saturated rings. The van der Waals surface area contributed by atoms with Crippen molar-refractivity contribution in [3.8, 4) is 0 Å². The topological polar surface area (TPSA) is 34.0 Å². The number of aryl methyl sites for hydroxylation is 1. The van der Waals surface area contributed by atoms with Gasteiger partial charge in [0.2, 0.25) is 0 Å². The van der Waals surface area contributed by atoms with Crippen LogP contribution in [0, 0.1) is 30.1 Å². The van der Waals surface area contributed by atoms with Crippen LogP contribution in [-0.2, 0) is 7.05 Å². The first kappa shape index (κ1) is 14.3. The second-order valence-corrected chi connectivity index (χ2v) is 8.34. The maximum absolute atomic E-state index is 12.3. The Morgan fingerprint density at radius 2 is 1.77 bits per heavy atom. The summed E-state index contributed by atoms with van der Waals surface area (Å²) < 4.78 is 1.97. The Bertz CT molecular complexity index is 551. The van der Waals surface area contributed by atoms with Crippen LogP contribution in [0.25, 0.3) is 0 Å². The quantitative estimate of drug-likeness (QED) is 0.904. The largest absolute Gasteiger partial charge is 0.351 e. The number of amides is 1. The maximum atomic E-state index is 12.3. The molecule has 1 aromatic heterocycles. The fraction of sp³-hybridized carbons (Fsp3) is 0.737. The lowest BCUT2D eigenvalue weighted by Crippen LogP contribution is -2.47. The monoisotopic (exact) mass is 300 g/mol. The zero-order chi connectivity index (χ0) is 15.3. The Hall–Kier alpha value is -1.25. The first-order valence-corrected chi connectivity index (χ1v) is 8.95. The highest BCUT2D eigenvalue weighted by Gasteiger charge is 2.50. The van der Waals surface area contributed by atoms with Crippen molar-refractivity contribution in [3.05, 3.63) is 23.5 Å². The molecule has 1 heterocycles. The lowest BCUT2D eigenvalue weighted by atomic mass is 9.49. The van der Waals surface area contributed by atoms with E-state index in [-0.39, 0.29) is 5.91 Å². The number of nitrogens with zero attached hydrogens (tertiary/aromatic N) is 1. The third-order valence-corrected chi connectivity index (χ3v) is 6.71. The summed E-state index contributed by atoms with van der Waals surface area (Å²) in [6.45, 7) is 2.88. The minimum absolute atomic E-state index is 0.0836. The molecule has 0 spiro atoms. The molecule has 1 aromatic rings. The van der Waals surface area contributed by atoms with Crippen LogP contribution < -0.4 is 5.32 Å². The van der Waals surface area contributed by atoms with Crippen molar-refractivity contribution in [2.75, 3.05) is 6.54 Å². The van der Waals surface area contributed by atoms with Crippen LogP contribution in [0.3, 0.4) is 0 Å². The second kappa shape index (κ2) is 5.14. The number of rotatable bonds is 4. The molecule has 0 aliphatic heterocycles. The fourth-order valence-corrected chi connectivity index (χ4v) is 5.97. The van der Waals surface area contributed by atoms with Gasteiger partial charge in [0, 0.05) is 19.3 Å². The molecule has 1 amide bonds. The normalized spacial score (nSPS) is 35.8. The SMILES string of the molecule is Cc1ccc(C(=O)NCCC23CC4CC(CC(C4)C2)C3)n1C. The van der Waals surface area contributed by atoms with E-state index in [2.05, 4.69) is 5.32 Å². The van der Waals surface area contributed by atoms with E-state index >= 15 is 0 Å². The summed E-state index contributed by atoms with van der Waals surface area (Å²) in [5, 5.41) is 3.17. The van der Waals surface area contributed by atoms with E-state index in [4.69, 9.17) is 0 Å². The Morgan fingerprint density at radius 3 is 2.27 bits per heavy atom. The van der Waals surface area contributed by atoms with Crippen LogP contribution in [0.5, 0.6) is 0 Å². The highest BCUT2D eigenvalue weighted by molar-refractivity contribution is 5.92. The molecule has 0 atom stereocenters. The van der Waals surface area contributed by atoms with Gasteiger partial charge in [-0.15, -0.1) is 0 Å². The minimum Gasteiger partial charge on any atom is -0.351 e. The van der Waals surface area contributed by atoms with Gasteiger partial charge in [-0.25, -0.2) is 0 Å². The van der Waals surface area contributed by atoms with Crippen LogP contribution in [0.4, 0.5) is 0 Å². The molecule has 4 aliphatic carbocycles. The molecule has 5 rings (SSSR count). The highest BCUT2D eigenvalue weighted by Crippen LogP contribution is 2.61. The van der Waals surface area contributed by atoms with Crippen molar-refractivity contribution in [2.24, 2.45) is 30.2 Å². The predicted molar refractivity (Wildman–Crippen MR) is 87.7 cm³/mol. The zero-order valence-corrected chi connectivity index (χ0v) is 13.9. The minimum atomic E-state index is 0.0836. The van der Waals surface area contributed by atoms with Gasteiger partial charge in [0.25, 0.3) is 5.91 Å². The van der Waals surface area contributed by atoms with E-state index in [1.165, 1.54) is 44.9 Å². The Morgan fingerprint density at radius 1 is 1.18 bits per heavy atom. The van der Waals surface area contributed by atoms with Gasteiger partial charge in [-0.1, -0.05) is 0 Å². The van der Waals surface area contributed by atoms with Gasteiger partial charge in [-0.2, -0.15) is 0 Å². The third kappa shape index (κ3) is 2.39. The summed E-state index contributed by atoms with van der Waals surface area (Å²) in [5.74, 6) is 3.08. The molecule has 4 aliphatic rings. The lowest BCUT2D eigenvalue weighted by molar-refractivity contribution is -0.0564. The zero-order valence-electron chi connectivity index (χ0n) is 13.9. The molecule has 3 heteroatoms. The summed E-state index contributed by atoms with van der Waals surface area (Å²) >= 11 is 0. The van der Waals surface area contributed by atoms with Gasteiger partial charge in [0.15, 0.2) is 0 Å². The van der Waals surface area contributed by atoms with E-state index in [1.807, 2.05) is 30.7 Å². The van der Waals surface area contributed by atoms with Crippen molar-refractivity contribution < 1.29 is 4.79 Å². The number of aromatic nitrogens is 1. The van der Waals surface area contributed by atoms with Crippen LogP contribution in [0.2, 0.25) is 0 Å². The van der Waals surface area contributed by atoms with E-state index in [0.717, 1.165) is 35.7 Å². The van der Waals surface area contributed by atoms with Crippen molar-refractivity contribution in [2.45, 2.75) is 51.9 Å². The molecule has 22 heavy (non-hydrogen) atoms. The molecule has 1 N–H and O–H groups in total. The van der Waals surface area contributed by atoms with Crippen LogP contribution in [0.15, 0.2) is 12.1 Å². The van der Waals surface area contributed by atoms with E-state index < -0.39 is 0 Å². The molecule has 0 radical (unpaired) electrons. The van der Waals surface area contributed by atoms with Crippen molar-refractivity contribution in [1.29, 1.82) is 0 Å². The van der Waals surface area contributed by atoms with Crippen LogP contribution >= 0.6 is 0 Å². The average molecular weight is 300 g/mol. The Labute approximate surface area is 133 Å². The van der Waals surface area contributed by atoms with Gasteiger partial charge in [-0.05, 0) is 87.2 Å². The number of carbonyl (C=O) groups excluding carboxylic acids is 1. The maximum Gasteiger partial charge on any atom is 0.267 e. The number of hydrogen-bond acceptors (Lipinski definition) is 1. The Balaban J connectivity index is 1.35. The number of nitrogens with one attached hydrogen (secondary N) is 1. The summed E-state index contributed by atoms with van der Waals surface area (Å²) in [4.78, 5) is 12.3. The average Bonchev–Trinajstić information content (AvgIpc) is 2.77. The number of carbonyl (C=O) groups is 1. The molecule has 0 unspecified atom stereocenters. The van der Waals surface area contributed by atoms with Gasteiger partial charge in [-0.3, -0.25) is 4.79 Å². The molecule has 3 nitrogen and oxygen atoms in total. The summed E-state index contributed by atoms with van der Waals surface area (Å²) in [6, 6.07) is 3.93. The molecule has 4 bridgehead atoms. The van der Waals surface area contributed by atoms with E-state index in [9.17, 15) is 4.79 Å². The molecule has 0 saturated heterocycles. The van der Waals surface area contributed by atoms with Crippen LogP contribution in [0.1, 0.15) is 61.1 Å². The molecule has 120 valence electrons. The van der Waals surface area contributed by atoms with Crippen molar-refractivity contribution in [3.63, 3.8) is 0 Å². The van der Waals surface area contributed by atoms with Crippen molar-refractivity contribution >= 4 is 5.91 Å². The van der Waals surface area contributed by atoms with Crippen LogP contribution in [-0.4, -0.2) is 17.0 Å². The molecular formula is C19H28N2O. The summed E-state index contributed by atoms with van der Waals surface area (Å²) in [5.41, 5.74) is 2.47. The smallest absolute Gasteiger partial charge is 0.267 e. The summed E-state index contributed by atoms with van der Waals surface area (Å²) in [6.07, 6.45) is 9.96. The first-order chi connectivity index (χ1) is 10.5. The standard InChI is InChI=1S/C19H28N2O/c1-13-3-4-17(21(13)2)18(22)20-6-5-19-10-14-7-15(11-19)9-16(8-14)12-19/h3-4,14-16H,5-12H2,1-2H3,(H,20,22). The lowest BCUT2D eigenvalue weighted by Gasteiger charge is -2.57. The third-order valence-electron chi connectivity index (χ3n) is 6.71. The Kier molecular flexibility index (Phi) is 3.35. The summed E-state index contributed by atoms with van der Waals surface area (Å²) in [7, 11) is 1.96. The molecule has 0 aromatic carbocycles. The fourth-order valence-electron chi connectivity index (χ4n) is 5.97. The van der Waals surface area contributed by atoms with Gasteiger partial charge >= 0.3 is 0 Å². The second-order valence-electron chi connectivity index (χ2n) is 8.34. The predicted octanol–water partition coefficient (Wildman–Crippen LogP) is 3.67.